The normalized spacial score (nSPS) is 11.9. The number of nitrogens with one attached hydrogen (secondary N) is 1. The van der Waals surface area contributed by atoms with Crippen molar-refractivity contribution in [3.05, 3.63) is 27.3 Å². The van der Waals surface area contributed by atoms with Crippen LogP contribution in [0.5, 0.6) is 5.75 Å². The second-order valence-electron chi connectivity index (χ2n) is 4.17. The van der Waals surface area contributed by atoms with E-state index in [1.807, 2.05) is 29.5 Å². The molecule has 0 heterocycles. The molecule has 0 saturated carbocycles. The lowest BCUT2D eigenvalue weighted by molar-refractivity contribution is -0.139. The predicted octanol–water partition coefficient (Wildman–Crippen LogP) is 2.37. The quantitative estimate of drug-likeness (QED) is 0.665. The van der Waals surface area contributed by atoms with E-state index in [4.69, 9.17) is 5.11 Å². The molecular formula is C13H16INO4. The number of aliphatic carboxylic acids is 1. The summed E-state index contributed by atoms with van der Waals surface area (Å²) in [5.41, 5.74) is 0.251. The van der Waals surface area contributed by atoms with E-state index in [1.165, 1.54) is 6.07 Å². The highest BCUT2D eigenvalue weighted by atomic mass is 127. The van der Waals surface area contributed by atoms with Crippen molar-refractivity contribution in [2.24, 2.45) is 0 Å². The topological polar surface area (TPSA) is 86.6 Å². The van der Waals surface area contributed by atoms with E-state index in [-0.39, 0.29) is 11.3 Å². The monoisotopic (exact) mass is 377 g/mol. The van der Waals surface area contributed by atoms with Gasteiger partial charge in [0, 0.05) is 5.56 Å². The molecule has 0 radical (unpaired) electrons. The summed E-state index contributed by atoms with van der Waals surface area (Å²) in [5.74, 6) is -1.53. The van der Waals surface area contributed by atoms with E-state index in [2.05, 4.69) is 5.32 Å². The first-order valence-corrected chi connectivity index (χ1v) is 7.05. The molecule has 1 unspecified atom stereocenters. The number of carbonyl (C=O) groups excluding carboxylic acids is 1. The molecule has 0 bridgehead atoms. The summed E-state index contributed by atoms with van der Waals surface area (Å²) >= 11 is 1.94. The highest BCUT2D eigenvalue weighted by molar-refractivity contribution is 14.1. The number of carboxylic acids is 1. The van der Waals surface area contributed by atoms with Gasteiger partial charge < -0.3 is 15.5 Å². The summed E-state index contributed by atoms with van der Waals surface area (Å²) in [6, 6.07) is 3.59. The number of carbonyl (C=O) groups is 2. The number of phenolic OH excluding ortho intramolecular Hbond substituents is 1. The largest absolute Gasteiger partial charge is 0.507 e. The Labute approximate surface area is 125 Å². The summed E-state index contributed by atoms with van der Waals surface area (Å²) in [6.45, 7) is 1.96. The van der Waals surface area contributed by atoms with Gasteiger partial charge in [0.25, 0.3) is 5.91 Å². The molecule has 19 heavy (non-hydrogen) atoms. The Kier molecular flexibility index (Phi) is 6.07. The summed E-state index contributed by atoms with van der Waals surface area (Å²) < 4.78 is 0.634. The Morgan fingerprint density at radius 2 is 2.11 bits per heavy atom. The third-order valence-electron chi connectivity index (χ3n) is 2.66. The third kappa shape index (κ3) is 4.70. The van der Waals surface area contributed by atoms with Gasteiger partial charge in [0.15, 0.2) is 0 Å². The number of hydrogen-bond donors (Lipinski definition) is 3. The first-order chi connectivity index (χ1) is 8.95. The molecule has 0 aromatic heterocycles. The number of phenols is 1. The van der Waals surface area contributed by atoms with E-state index in [0.29, 0.717) is 9.99 Å². The zero-order chi connectivity index (χ0) is 14.4. The van der Waals surface area contributed by atoms with Crippen molar-refractivity contribution in [2.45, 2.75) is 32.2 Å². The minimum absolute atomic E-state index is 0.00804. The molecule has 5 nitrogen and oxygen atoms in total. The van der Waals surface area contributed by atoms with Crippen LogP contribution in [-0.4, -0.2) is 28.1 Å². The second-order valence-corrected chi connectivity index (χ2v) is 5.33. The molecule has 0 aliphatic heterocycles. The zero-order valence-corrected chi connectivity index (χ0v) is 12.7. The maximum absolute atomic E-state index is 11.9. The van der Waals surface area contributed by atoms with Crippen molar-refractivity contribution < 1.29 is 19.8 Å². The van der Waals surface area contributed by atoms with Gasteiger partial charge in [-0.3, -0.25) is 4.79 Å². The van der Waals surface area contributed by atoms with Gasteiger partial charge in [-0.2, -0.15) is 0 Å². The number of benzene rings is 1. The SMILES string of the molecule is CCCCC(NC(=O)c1ccc(I)c(O)c1)C(=O)O. The van der Waals surface area contributed by atoms with Crippen LogP contribution in [0, 0.1) is 3.57 Å². The third-order valence-corrected chi connectivity index (χ3v) is 3.57. The Hall–Kier alpha value is -1.31. The molecule has 104 valence electrons. The summed E-state index contributed by atoms with van der Waals surface area (Å²) in [4.78, 5) is 22.9. The minimum Gasteiger partial charge on any atom is -0.507 e. The number of rotatable bonds is 6. The van der Waals surface area contributed by atoms with Crippen LogP contribution in [-0.2, 0) is 4.79 Å². The predicted molar refractivity (Wildman–Crippen MR) is 79.2 cm³/mol. The molecule has 0 aliphatic carbocycles. The van der Waals surface area contributed by atoms with Crippen molar-refractivity contribution in [1.29, 1.82) is 0 Å². The van der Waals surface area contributed by atoms with Crippen molar-refractivity contribution in [1.82, 2.24) is 5.32 Å². The minimum atomic E-state index is -1.04. The molecule has 0 fully saturated rings. The van der Waals surface area contributed by atoms with Crippen molar-refractivity contribution >= 4 is 34.5 Å². The van der Waals surface area contributed by atoms with E-state index < -0.39 is 17.9 Å². The Morgan fingerprint density at radius 3 is 2.63 bits per heavy atom. The second kappa shape index (κ2) is 7.32. The summed E-state index contributed by atoms with van der Waals surface area (Å²) in [7, 11) is 0. The first kappa shape index (κ1) is 15.7. The Morgan fingerprint density at radius 1 is 1.42 bits per heavy atom. The van der Waals surface area contributed by atoms with Crippen molar-refractivity contribution in [3.8, 4) is 5.75 Å². The van der Waals surface area contributed by atoms with Crippen molar-refractivity contribution in [2.75, 3.05) is 0 Å². The van der Waals surface area contributed by atoms with Crippen LogP contribution in [0.3, 0.4) is 0 Å². The van der Waals surface area contributed by atoms with Crippen LogP contribution < -0.4 is 5.32 Å². The fourth-order valence-corrected chi connectivity index (χ4v) is 1.90. The van der Waals surface area contributed by atoms with E-state index in [1.54, 1.807) is 12.1 Å². The molecule has 0 spiro atoms. The maximum Gasteiger partial charge on any atom is 0.326 e. The van der Waals surface area contributed by atoms with Gasteiger partial charge in [-0.1, -0.05) is 19.8 Å². The van der Waals surface area contributed by atoms with E-state index >= 15 is 0 Å². The molecule has 1 aromatic rings. The molecule has 6 heteroatoms. The molecule has 0 aliphatic rings. The van der Waals surface area contributed by atoms with Gasteiger partial charge in [-0.25, -0.2) is 4.79 Å². The number of aromatic hydroxyl groups is 1. The van der Waals surface area contributed by atoms with E-state index in [9.17, 15) is 14.7 Å². The fraction of sp³-hybridized carbons (Fsp3) is 0.385. The van der Waals surface area contributed by atoms with Crippen molar-refractivity contribution in [3.63, 3.8) is 0 Å². The molecule has 3 N–H and O–H groups in total. The molecule has 1 atom stereocenters. The number of carboxylic acid groups (broad SMARTS) is 1. The highest BCUT2D eigenvalue weighted by Crippen LogP contribution is 2.20. The Bertz CT molecular complexity index is 476. The molecule has 1 rings (SSSR count). The lowest BCUT2D eigenvalue weighted by Gasteiger charge is -2.14. The number of amides is 1. The zero-order valence-electron chi connectivity index (χ0n) is 10.5. The van der Waals surface area contributed by atoms with Gasteiger partial charge in [0.2, 0.25) is 0 Å². The first-order valence-electron chi connectivity index (χ1n) is 5.98. The molecule has 0 saturated heterocycles. The van der Waals surface area contributed by atoms with Crippen LogP contribution in [0.1, 0.15) is 36.5 Å². The number of hydrogen-bond acceptors (Lipinski definition) is 3. The standard InChI is InChI=1S/C13H16INO4/c1-2-3-4-10(13(18)19)15-12(17)8-5-6-9(14)11(16)7-8/h5-7,10,16H,2-4H2,1H3,(H,15,17)(H,18,19). The van der Waals surface area contributed by atoms with Gasteiger partial charge in [-0.15, -0.1) is 0 Å². The smallest absolute Gasteiger partial charge is 0.326 e. The molecular weight excluding hydrogens is 361 g/mol. The fourth-order valence-electron chi connectivity index (χ4n) is 1.56. The number of halogens is 1. The Balaban J connectivity index is 2.75. The number of unbranched alkanes of at least 4 members (excludes halogenated alkanes) is 1. The van der Waals surface area contributed by atoms with Crippen LogP contribution in [0.2, 0.25) is 0 Å². The van der Waals surface area contributed by atoms with Crippen LogP contribution in [0.15, 0.2) is 18.2 Å². The van der Waals surface area contributed by atoms with Crippen LogP contribution in [0.25, 0.3) is 0 Å². The van der Waals surface area contributed by atoms with E-state index in [0.717, 1.165) is 12.8 Å². The van der Waals surface area contributed by atoms with Gasteiger partial charge in [-0.05, 0) is 47.2 Å². The van der Waals surface area contributed by atoms with Crippen LogP contribution in [0.4, 0.5) is 0 Å². The molecule has 1 aromatic carbocycles. The van der Waals surface area contributed by atoms with Gasteiger partial charge >= 0.3 is 5.97 Å². The van der Waals surface area contributed by atoms with Gasteiger partial charge in [0.1, 0.15) is 11.8 Å². The average molecular weight is 377 g/mol. The summed E-state index contributed by atoms with van der Waals surface area (Å²) in [5, 5.41) is 21.0. The van der Waals surface area contributed by atoms with Crippen LogP contribution >= 0.6 is 22.6 Å². The lowest BCUT2D eigenvalue weighted by Crippen LogP contribution is -2.40. The molecule has 1 amide bonds. The average Bonchev–Trinajstić information content (AvgIpc) is 2.37. The highest BCUT2D eigenvalue weighted by Gasteiger charge is 2.20. The van der Waals surface area contributed by atoms with Gasteiger partial charge in [0.05, 0.1) is 3.57 Å². The lowest BCUT2D eigenvalue weighted by atomic mass is 10.1. The maximum atomic E-state index is 11.9. The summed E-state index contributed by atoms with van der Waals surface area (Å²) in [6.07, 6.45) is 1.99.